The number of benzene rings is 2. The van der Waals surface area contributed by atoms with Crippen LogP contribution in [-0.4, -0.2) is 19.4 Å². The highest BCUT2D eigenvalue weighted by Crippen LogP contribution is 2.26. The van der Waals surface area contributed by atoms with Crippen LogP contribution in [0.5, 0.6) is 5.75 Å². The van der Waals surface area contributed by atoms with Gasteiger partial charge >= 0.3 is 0 Å². The average Bonchev–Trinajstić information content (AvgIpc) is 2.53. The topological polar surface area (TPSA) is 38.3 Å². The first-order valence-electron chi connectivity index (χ1n) is 6.79. The molecule has 0 bridgehead atoms. The Morgan fingerprint density at radius 2 is 2.05 bits per heavy atom. The minimum atomic E-state index is -0.257. The third-order valence-corrected chi connectivity index (χ3v) is 3.73. The van der Waals surface area contributed by atoms with E-state index in [1.165, 1.54) is 5.56 Å². The van der Waals surface area contributed by atoms with Crippen molar-refractivity contribution in [3.8, 4) is 5.75 Å². The average molecular weight is 267 g/mol. The van der Waals surface area contributed by atoms with Crippen LogP contribution in [0.1, 0.15) is 27.5 Å². The van der Waals surface area contributed by atoms with Crippen LogP contribution in [0, 0.1) is 0 Å². The number of ketones is 1. The first-order chi connectivity index (χ1) is 9.79. The van der Waals surface area contributed by atoms with Crippen molar-refractivity contribution in [1.82, 2.24) is 5.32 Å². The summed E-state index contributed by atoms with van der Waals surface area (Å²) in [7, 11) is 1.61. The maximum absolute atomic E-state index is 12.7. The standard InChI is InChI=1S/C17H17NO2/c1-20-14-7-4-6-13(11-14)17(19)16-15-8-3-2-5-12(15)9-10-18-16/h2-8,11,16,18H,9-10H2,1H3. The van der Waals surface area contributed by atoms with Gasteiger partial charge in [0.1, 0.15) is 5.75 Å². The molecule has 0 saturated heterocycles. The van der Waals surface area contributed by atoms with Gasteiger partial charge < -0.3 is 10.1 Å². The normalized spacial score (nSPS) is 17.4. The third-order valence-electron chi connectivity index (χ3n) is 3.73. The van der Waals surface area contributed by atoms with Crippen LogP contribution in [0.3, 0.4) is 0 Å². The van der Waals surface area contributed by atoms with Crippen molar-refractivity contribution in [1.29, 1.82) is 0 Å². The molecule has 20 heavy (non-hydrogen) atoms. The lowest BCUT2D eigenvalue weighted by Crippen LogP contribution is -2.35. The zero-order valence-electron chi connectivity index (χ0n) is 11.4. The maximum Gasteiger partial charge on any atom is 0.184 e. The summed E-state index contributed by atoms with van der Waals surface area (Å²) in [4.78, 5) is 12.7. The summed E-state index contributed by atoms with van der Waals surface area (Å²) in [6.07, 6.45) is 0.970. The number of nitrogens with one attached hydrogen (secondary N) is 1. The van der Waals surface area contributed by atoms with Crippen molar-refractivity contribution in [3.63, 3.8) is 0 Å². The third kappa shape index (κ3) is 2.32. The van der Waals surface area contributed by atoms with E-state index < -0.39 is 0 Å². The van der Waals surface area contributed by atoms with E-state index in [0.29, 0.717) is 11.3 Å². The summed E-state index contributed by atoms with van der Waals surface area (Å²) in [6, 6.07) is 15.2. The number of carbonyl (C=O) groups excluding carboxylic acids is 1. The van der Waals surface area contributed by atoms with Crippen LogP contribution in [-0.2, 0) is 6.42 Å². The fourth-order valence-corrected chi connectivity index (χ4v) is 2.68. The number of methoxy groups -OCH3 is 1. The van der Waals surface area contributed by atoms with Crippen molar-refractivity contribution < 1.29 is 9.53 Å². The van der Waals surface area contributed by atoms with E-state index in [1.807, 2.05) is 36.4 Å². The van der Waals surface area contributed by atoms with Gasteiger partial charge in [-0.15, -0.1) is 0 Å². The first kappa shape index (κ1) is 12.9. The van der Waals surface area contributed by atoms with E-state index in [9.17, 15) is 4.79 Å². The number of fused-ring (bicyclic) bond motifs is 1. The quantitative estimate of drug-likeness (QED) is 0.869. The van der Waals surface area contributed by atoms with E-state index in [-0.39, 0.29) is 11.8 Å². The lowest BCUT2D eigenvalue weighted by atomic mass is 9.89. The predicted molar refractivity (Wildman–Crippen MR) is 78.2 cm³/mol. The van der Waals surface area contributed by atoms with Crippen LogP contribution in [0.2, 0.25) is 0 Å². The Morgan fingerprint density at radius 1 is 1.20 bits per heavy atom. The summed E-state index contributed by atoms with van der Waals surface area (Å²) in [6.45, 7) is 0.831. The monoisotopic (exact) mass is 267 g/mol. The molecule has 0 radical (unpaired) electrons. The van der Waals surface area contributed by atoms with Gasteiger partial charge in [0.15, 0.2) is 5.78 Å². The smallest absolute Gasteiger partial charge is 0.184 e. The first-order valence-corrected chi connectivity index (χ1v) is 6.79. The summed E-state index contributed by atoms with van der Waals surface area (Å²) in [5.41, 5.74) is 3.03. The number of ether oxygens (including phenoxy) is 1. The summed E-state index contributed by atoms with van der Waals surface area (Å²) >= 11 is 0. The molecule has 1 unspecified atom stereocenters. The Kier molecular flexibility index (Phi) is 3.52. The molecule has 1 heterocycles. The Balaban J connectivity index is 1.95. The van der Waals surface area contributed by atoms with Gasteiger partial charge in [0.05, 0.1) is 13.2 Å². The van der Waals surface area contributed by atoms with E-state index >= 15 is 0 Å². The molecular weight excluding hydrogens is 250 g/mol. The Hall–Kier alpha value is -2.13. The van der Waals surface area contributed by atoms with Gasteiger partial charge in [0.2, 0.25) is 0 Å². The second-order valence-electron chi connectivity index (χ2n) is 4.93. The zero-order chi connectivity index (χ0) is 13.9. The molecule has 1 aliphatic rings. The summed E-state index contributed by atoms with van der Waals surface area (Å²) < 4.78 is 5.19. The maximum atomic E-state index is 12.7. The summed E-state index contributed by atoms with van der Waals surface area (Å²) in [5.74, 6) is 0.802. The molecule has 1 atom stereocenters. The number of carbonyl (C=O) groups is 1. The zero-order valence-corrected chi connectivity index (χ0v) is 11.4. The van der Waals surface area contributed by atoms with Crippen LogP contribution in [0.15, 0.2) is 48.5 Å². The molecule has 3 rings (SSSR count). The van der Waals surface area contributed by atoms with Gasteiger partial charge in [-0.05, 0) is 29.7 Å². The molecule has 2 aromatic carbocycles. The van der Waals surface area contributed by atoms with Crippen LogP contribution < -0.4 is 10.1 Å². The highest BCUT2D eigenvalue weighted by molar-refractivity contribution is 6.01. The largest absolute Gasteiger partial charge is 0.497 e. The molecular formula is C17H17NO2. The molecule has 3 heteroatoms. The number of hydrogen-bond acceptors (Lipinski definition) is 3. The van der Waals surface area contributed by atoms with Crippen molar-refractivity contribution in [2.45, 2.75) is 12.5 Å². The lowest BCUT2D eigenvalue weighted by Gasteiger charge is -2.26. The molecule has 0 spiro atoms. The van der Waals surface area contributed by atoms with Crippen molar-refractivity contribution in [2.24, 2.45) is 0 Å². The van der Waals surface area contributed by atoms with Gasteiger partial charge in [0.25, 0.3) is 0 Å². The second kappa shape index (κ2) is 5.47. The van der Waals surface area contributed by atoms with E-state index in [2.05, 4.69) is 11.4 Å². The predicted octanol–water partition coefficient (Wildman–Crippen LogP) is 2.76. The second-order valence-corrected chi connectivity index (χ2v) is 4.93. The van der Waals surface area contributed by atoms with Gasteiger partial charge in [0, 0.05) is 12.1 Å². The van der Waals surface area contributed by atoms with Gasteiger partial charge in [-0.3, -0.25) is 4.79 Å². The minimum Gasteiger partial charge on any atom is -0.497 e. The van der Waals surface area contributed by atoms with E-state index in [4.69, 9.17) is 4.74 Å². The van der Waals surface area contributed by atoms with Crippen molar-refractivity contribution in [2.75, 3.05) is 13.7 Å². The highest BCUT2D eigenvalue weighted by atomic mass is 16.5. The van der Waals surface area contributed by atoms with Gasteiger partial charge in [-0.2, -0.15) is 0 Å². The Morgan fingerprint density at radius 3 is 2.90 bits per heavy atom. The molecule has 1 aliphatic heterocycles. The van der Waals surface area contributed by atoms with Crippen LogP contribution in [0.4, 0.5) is 0 Å². The number of hydrogen-bond donors (Lipinski definition) is 1. The van der Waals surface area contributed by atoms with Crippen LogP contribution >= 0.6 is 0 Å². The minimum absolute atomic E-state index is 0.0936. The van der Waals surface area contributed by atoms with E-state index in [1.54, 1.807) is 13.2 Å². The highest BCUT2D eigenvalue weighted by Gasteiger charge is 2.26. The lowest BCUT2D eigenvalue weighted by molar-refractivity contribution is 0.0939. The number of rotatable bonds is 3. The molecule has 0 saturated carbocycles. The molecule has 102 valence electrons. The van der Waals surface area contributed by atoms with Gasteiger partial charge in [-0.25, -0.2) is 0 Å². The molecule has 0 fully saturated rings. The molecule has 2 aromatic rings. The SMILES string of the molecule is COc1cccc(C(=O)C2NCCc3ccccc32)c1. The summed E-state index contributed by atoms with van der Waals surface area (Å²) in [5, 5.41) is 3.32. The Bertz CT molecular complexity index is 636. The van der Waals surface area contributed by atoms with Crippen molar-refractivity contribution >= 4 is 5.78 Å². The molecule has 3 nitrogen and oxygen atoms in total. The van der Waals surface area contributed by atoms with E-state index in [0.717, 1.165) is 18.5 Å². The Labute approximate surface area is 118 Å². The molecule has 1 N–H and O–H groups in total. The number of Topliss-reactive ketones (excluding diaryl/α,β-unsaturated/α-hetero) is 1. The van der Waals surface area contributed by atoms with Crippen LogP contribution in [0.25, 0.3) is 0 Å². The van der Waals surface area contributed by atoms with Gasteiger partial charge in [-0.1, -0.05) is 36.4 Å². The fourth-order valence-electron chi connectivity index (χ4n) is 2.68. The fraction of sp³-hybridized carbons (Fsp3) is 0.235. The molecule has 0 amide bonds. The van der Waals surface area contributed by atoms with Crippen molar-refractivity contribution in [3.05, 3.63) is 65.2 Å². The molecule has 0 aliphatic carbocycles. The molecule has 0 aromatic heterocycles.